The van der Waals surface area contributed by atoms with E-state index in [-0.39, 0.29) is 24.0 Å². The van der Waals surface area contributed by atoms with E-state index < -0.39 is 0 Å². The third-order valence-corrected chi connectivity index (χ3v) is 4.77. The molecule has 2 aromatic carbocycles. The lowest BCUT2D eigenvalue weighted by molar-refractivity contribution is 0.322. The number of rotatable bonds is 8. The molecule has 2 rings (SSSR count). The van der Waals surface area contributed by atoms with Crippen LogP contribution in [0.3, 0.4) is 0 Å². The van der Waals surface area contributed by atoms with Crippen molar-refractivity contribution in [1.82, 2.24) is 10.2 Å². The number of methoxy groups -OCH3 is 3. The van der Waals surface area contributed by atoms with Gasteiger partial charge in [-0.1, -0.05) is 35.9 Å². The van der Waals surface area contributed by atoms with Crippen LogP contribution in [0.25, 0.3) is 0 Å². The van der Waals surface area contributed by atoms with Crippen molar-refractivity contribution >= 4 is 41.5 Å². The van der Waals surface area contributed by atoms with Gasteiger partial charge in [0.2, 0.25) is 5.75 Å². The summed E-state index contributed by atoms with van der Waals surface area (Å²) in [5, 5.41) is 4.13. The Bertz CT molecular complexity index is 818. The molecular formula is C21H29ClIN3O3. The lowest BCUT2D eigenvalue weighted by Gasteiger charge is -2.23. The van der Waals surface area contributed by atoms with Gasteiger partial charge in [-0.3, -0.25) is 4.99 Å². The second-order valence-corrected chi connectivity index (χ2v) is 6.57. The summed E-state index contributed by atoms with van der Waals surface area (Å²) in [7, 11) is 8.59. The third-order valence-electron chi connectivity index (χ3n) is 4.40. The Morgan fingerprint density at radius 3 is 2.28 bits per heavy atom. The van der Waals surface area contributed by atoms with Crippen LogP contribution in [0.1, 0.15) is 11.1 Å². The van der Waals surface area contributed by atoms with Crippen molar-refractivity contribution in [3.63, 3.8) is 0 Å². The molecule has 6 nitrogen and oxygen atoms in total. The van der Waals surface area contributed by atoms with Crippen LogP contribution in [0.4, 0.5) is 0 Å². The number of nitrogens with zero attached hydrogens (tertiary/aromatic N) is 2. The Morgan fingerprint density at radius 1 is 1.00 bits per heavy atom. The Labute approximate surface area is 195 Å². The van der Waals surface area contributed by atoms with E-state index in [4.69, 9.17) is 25.8 Å². The van der Waals surface area contributed by atoms with Crippen LogP contribution >= 0.6 is 35.6 Å². The van der Waals surface area contributed by atoms with Crippen molar-refractivity contribution in [2.24, 2.45) is 4.99 Å². The second kappa shape index (κ2) is 12.6. The third kappa shape index (κ3) is 6.57. The first-order chi connectivity index (χ1) is 13.5. The van der Waals surface area contributed by atoms with E-state index >= 15 is 0 Å². The Hall–Kier alpha value is -1.87. The van der Waals surface area contributed by atoms with Crippen LogP contribution in [-0.2, 0) is 13.0 Å². The monoisotopic (exact) mass is 533 g/mol. The molecule has 0 heterocycles. The molecule has 0 saturated heterocycles. The molecule has 8 heteroatoms. The minimum Gasteiger partial charge on any atom is -0.493 e. The van der Waals surface area contributed by atoms with E-state index in [1.54, 1.807) is 28.4 Å². The van der Waals surface area contributed by atoms with Gasteiger partial charge in [0.05, 0.1) is 21.3 Å². The largest absolute Gasteiger partial charge is 0.493 e. The number of nitrogens with one attached hydrogen (secondary N) is 1. The summed E-state index contributed by atoms with van der Waals surface area (Å²) < 4.78 is 16.3. The van der Waals surface area contributed by atoms with E-state index in [0.717, 1.165) is 28.5 Å². The van der Waals surface area contributed by atoms with Crippen molar-refractivity contribution < 1.29 is 14.2 Å². The van der Waals surface area contributed by atoms with Crippen LogP contribution in [0.2, 0.25) is 5.02 Å². The SMILES string of the molecule is CN=C(NCCc1ccc(OC)c(OC)c1OC)N(C)Cc1ccccc1Cl.I. The predicted molar refractivity (Wildman–Crippen MR) is 129 cm³/mol. The molecule has 0 unspecified atom stereocenters. The quantitative estimate of drug-likeness (QED) is 0.313. The molecular weight excluding hydrogens is 505 g/mol. The number of halogens is 2. The zero-order valence-corrected chi connectivity index (χ0v) is 20.6. The number of hydrogen-bond acceptors (Lipinski definition) is 4. The molecule has 0 aliphatic rings. The molecule has 0 atom stereocenters. The molecule has 0 aliphatic heterocycles. The van der Waals surface area contributed by atoms with Gasteiger partial charge in [-0.2, -0.15) is 0 Å². The fourth-order valence-corrected chi connectivity index (χ4v) is 3.21. The van der Waals surface area contributed by atoms with E-state index in [1.807, 2.05) is 48.3 Å². The van der Waals surface area contributed by atoms with Crippen LogP contribution < -0.4 is 19.5 Å². The minimum absolute atomic E-state index is 0. The molecule has 0 aromatic heterocycles. The van der Waals surface area contributed by atoms with Crippen LogP contribution in [0, 0.1) is 0 Å². The van der Waals surface area contributed by atoms with Crippen molar-refractivity contribution in [1.29, 1.82) is 0 Å². The lowest BCUT2D eigenvalue weighted by Crippen LogP contribution is -2.39. The van der Waals surface area contributed by atoms with Crippen LogP contribution in [0.15, 0.2) is 41.4 Å². The van der Waals surface area contributed by atoms with Gasteiger partial charge >= 0.3 is 0 Å². The molecule has 1 N–H and O–H groups in total. The molecule has 0 radical (unpaired) electrons. The number of guanidine groups is 1. The second-order valence-electron chi connectivity index (χ2n) is 6.16. The summed E-state index contributed by atoms with van der Waals surface area (Å²) in [6.45, 7) is 1.35. The summed E-state index contributed by atoms with van der Waals surface area (Å²) in [5.74, 6) is 2.72. The summed E-state index contributed by atoms with van der Waals surface area (Å²) in [4.78, 5) is 6.40. The molecule has 160 valence electrons. The zero-order chi connectivity index (χ0) is 20.5. The first-order valence-electron chi connectivity index (χ1n) is 8.98. The molecule has 0 saturated carbocycles. The van der Waals surface area contributed by atoms with Gasteiger partial charge in [-0.25, -0.2) is 0 Å². The van der Waals surface area contributed by atoms with Gasteiger partial charge < -0.3 is 24.4 Å². The molecule has 2 aromatic rings. The smallest absolute Gasteiger partial charge is 0.203 e. The first kappa shape index (κ1) is 25.2. The van der Waals surface area contributed by atoms with Crippen molar-refractivity contribution in [2.75, 3.05) is 42.0 Å². The van der Waals surface area contributed by atoms with Gasteiger partial charge in [0.25, 0.3) is 0 Å². The summed E-state index contributed by atoms with van der Waals surface area (Å²) in [5.41, 5.74) is 2.08. The van der Waals surface area contributed by atoms with Gasteiger partial charge in [0.1, 0.15) is 0 Å². The highest BCUT2D eigenvalue weighted by molar-refractivity contribution is 14.0. The number of aliphatic imine (C=N–C) groups is 1. The Balaban J connectivity index is 0.00000420. The normalized spacial score (nSPS) is 10.8. The molecule has 0 spiro atoms. The molecule has 0 aliphatic carbocycles. The zero-order valence-electron chi connectivity index (χ0n) is 17.5. The number of hydrogen-bond donors (Lipinski definition) is 1. The standard InChI is InChI=1S/C21H28ClN3O3.HI/c1-23-21(25(2)14-16-8-6-7-9-17(16)22)24-13-12-15-10-11-18(26-3)20(28-5)19(15)27-4;/h6-11H,12-14H2,1-5H3,(H,23,24);1H. The number of benzene rings is 2. The fraction of sp³-hybridized carbons (Fsp3) is 0.381. The van der Waals surface area contributed by atoms with E-state index in [9.17, 15) is 0 Å². The first-order valence-corrected chi connectivity index (χ1v) is 9.36. The average molecular weight is 534 g/mol. The van der Waals surface area contributed by atoms with Crippen molar-refractivity contribution in [3.05, 3.63) is 52.5 Å². The van der Waals surface area contributed by atoms with Crippen LogP contribution in [0.5, 0.6) is 17.2 Å². The summed E-state index contributed by atoms with van der Waals surface area (Å²) in [6, 6.07) is 11.7. The Kier molecular flexibility index (Phi) is 11.0. The molecule has 0 fully saturated rings. The fourth-order valence-electron chi connectivity index (χ4n) is 3.01. The van der Waals surface area contributed by atoms with Gasteiger partial charge in [0, 0.05) is 37.8 Å². The van der Waals surface area contributed by atoms with Crippen LogP contribution in [-0.4, -0.2) is 52.8 Å². The predicted octanol–water partition coefficient (Wildman–Crippen LogP) is 4.23. The van der Waals surface area contributed by atoms with E-state index in [0.29, 0.717) is 30.3 Å². The van der Waals surface area contributed by atoms with Crippen molar-refractivity contribution in [3.8, 4) is 17.2 Å². The van der Waals surface area contributed by atoms with Gasteiger partial charge in [-0.15, -0.1) is 24.0 Å². The van der Waals surface area contributed by atoms with Gasteiger partial charge in [0.15, 0.2) is 17.5 Å². The minimum atomic E-state index is 0. The van der Waals surface area contributed by atoms with Crippen molar-refractivity contribution in [2.45, 2.75) is 13.0 Å². The summed E-state index contributed by atoms with van der Waals surface area (Å²) >= 11 is 6.26. The average Bonchev–Trinajstić information content (AvgIpc) is 2.71. The van der Waals surface area contributed by atoms with E-state index in [2.05, 4.69) is 10.3 Å². The number of ether oxygens (including phenoxy) is 3. The maximum atomic E-state index is 6.26. The maximum absolute atomic E-state index is 6.26. The highest BCUT2D eigenvalue weighted by atomic mass is 127. The highest BCUT2D eigenvalue weighted by Gasteiger charge is 2.16. The summed E-state index contributed by atoms with van der Waals surface area (Å²) in [6.07, 6.45) is 0.739. The molecule has 0 bridgehead atoms. The molecule has 0 amide bonds. The maximum Gasteiger partial charge on any atom is 0.203 e. The highest BCUT2D eigenvalue weighted by Crippen LogP contribution is 2.39. The Morgan fingerprint density at radius 2 is 1.69 bits per heavy atom. The lowest BCUT2D eigenvalue weighted by atomic mass is 10.1. The van der Waals surface area contributed by atoms with Gasteiger partial charge in [-0.05, 0) is 24.1 Å². The topological polar surface area (TPSA) is 55.3 Å². The van der Waals surface area contributed by atoms with E-state index in [1.165, 1.54) is 0 Å². The molecule has 29 heavy (non-hydrogen) atoms.